The lowest BCUT2D eigenvalue weighted by Gasteiger charge is -2.18. The van der Waals surface area contributed by atoms with Crippen molar-refractivity contribution >= 4 is 6.09 Å². The van der Waals surface area contributed by atoms with Crippen LogP contribution < -0.4 is 14.2 Å². The highest BCUT2D eigenvalue weighted by molar-refractivity contribution is 5.66. The van der Waals surface area contributed by atoms with Crippen molar-refractivity contribution < 1.29 is 38.0 Å². The standard InChI is InChI=1S/C13H13F2NO6/c14-13(15)21-10-2-1-8(4-11(10)22-13)20-9-3-7(6-17)16(5-9)12(18)19/h1-2,4,7,9,17H,3,5-6H2,(H,18,19)/t7-,9-/m0/s1. The molecule has 0 unspecified atom stereocenters. The molecular formula is C13H13F2NO6. The normalized spacial score (nSPS) is 25.3. The van der Waals surface area contributed by atoms with E-state index in [1.165, 1.54) is 18.2 Å². The van der Waals surface area contributed by atoms with Gasteiger partial charge in [0.2, 0.25) is 0 Å². The third kappa shape index (κ3) is 2.71. The Hall–Kier alpha value is -2.29. The van der Waals surface area contributed by atoms with Crippen LogP contribution in [0.2, 0.25) is 0 Å². The lowest BCUT2D eigenvalue weighted by molar-refractivity contribution is -0.286. The molecule has 0 radical (unpaired) electrons. The Labute approximate surface area is 123 Å². The summed E-state index contributed by atoms with van der Waals surface area (Å²) in [6.45, 7) is -0.218. The monoisotopic (exact) mass is 317 g/mol. The van der Waals surface area contributed by atoms with Crippen LogP contribution in [0.3, 0.4) is 0 Å². The third-order valence-corrected chi connectivity index (χ3v) is 3.51. The number of aliphatic hydroxyl groups excluding tert-OH is 1. The van der Waals surface area contributed by atoms with Gasteiger partial charge in [-0.2, -0.15) is 0 Å². The number of amides is 1. The predicted molar refractivity (Wildman–Crippen MR) is 67.3 cm³/mol. The first-order chi connectivity index (χ1) is 10.4. The average molecular weight is 317 g/mol. The first-order valence-electron chi connectivity index (χ1n) is 6.55. The topological polar surface area (TPSA) is 88.5 Å². The summed E-state index contributed by atoms with van der Waals surface area (Å²) in [4.78, 5) is 12.1. The first kappa shape index (κ1) is 14.6. The lowest BCUT2D eigenvalue weighted by atomic mass is 10.2. The van der Waals surface area contributed by atoms with Crippen LogP contribution in [0.1, 0.15) is 6.42 Å². The van der Waals surface area contributed by atoms with E-state index in [4.69, 9.17) is 9.84 Å². The lowest BCUT2D eigenvalue weighted by Crippen LogP contribution is -2.36. The van der Waals surface area contributed by atoms with E-state index in [0.717, 1.165) is 4.90 Å². The number of alkyl halides is 2. The highest BCUT2D eigenvalue weighted by Crippen LogP contribution is 2.43. The molecule has 0 spiro atoms. The van der Waals surface area contributed by atoms with Crippen LogP contribution in [0.4, 0.5) is 13.6 Å². The summed E-state index contributed by atoms with van der Waals surface area (Å²) in [5.41, 5.74) is 0. The molecule has 120 valence electrons. The summed E-state index contributed by atoms with van der Waals surface area (Å²) in [5.74, 6) is 0.0208. The van der Waals surface area contributed by atoms with Crippen molar-refractivity contribution in [2.75, 3.05) is 13.2 Å². The Kier molecular flexibility index (Phi) is 3.44. The molecule has 2 atom stereocenters. The average Bonchev–Trinajstić information content (AvgIpc) is 2.97. The third-order valence-electron chi connectivity index (χ3n) is 3.51. The Morgan fingerprint density at radius 2 is 2.14 bits per heavy atom. The molecule has 0 aliphatic carbocycles. The van der Waals surface area contributed by atoms with Gasteiger partial charge in [0.25, 0.3) is 0 Å². The second kappa shape index (κ2) is 5.16. The summed E-state index contributed by atoms with van der Waals surface area (Å²) in [5, 5.41) is 18.2. The number of carbonyl (C=O) groups is 1. The molecule has 0 aromatic heterocycles. The predicted octanol–water partition coefficient (Wildman–Crippen LogP) is 1.50. The minimum absolute atomic E-state index is 0.0885. The maximum Gasteiger partial charge on any atom is 0.586 e. The molecule has 0 bridgehead atoms. The van der Waals surface area contributed by atoms with Gasteiger partial charge in [-0.15, -0.1) is 8.78 Å². The molecule has 1 amide bonds. The molecular weight excluding hydrogens is 304 g/mol. The Balaban J connectivity index is 1.69. The SMILES string of the molecule is O=C(O)N1C[C@@H](Oc2ccc3c(c2)OC(F)(F)O3)C[C@H]1CO. The van der Waals surface area contributed by atoms with Gasteiger partial charge in [0, 0.05) is 12.5 Å². The zero-order chi connectivity index (χ0) is 15.9. The van der Waals surface area contributed by atoms with Gasteiger partial charge in [0.1, 0.15) is 11.9 Å². The van der Waals surface area contributed by atoms with Crippen LogP contribution in [0, 0.1) is 0 Å². The van der Waals surface area contributed by atoms with E-state index >= 15 is 0 Å². The van der Waals surface area contributed by atoms with Gasteiger partial charge in [-0.3, -0.25) is 4.90 Å². The highest BCUT2D eigenvalue weighted by Gasteiger charge is 2.43. The van der Waals surface area contributed by atoms with E-state index in [2.05, 4.69) is 9.47 Å². The van der Waals surface area contributed by atoms with Crippen molar-refractivity contribution in [2.24, 2.45) is 0 Å². The van der Waals surface area contributed by atoms with E-state index < -0.39 is 24.5 Å². The van der Waals surface area contributed by atoms with Gasteiger partial charge in [0.15, 0.2) is 11.5 Å². The number of hydrogen-bond donors (Lipinski definition) is 2. The largest absolute Gasteiger partial charge is 0.586 e. The van der Waals surface area contributed by atoms with Crippen LogP contribution in [0.25, 0.3) is 0 Å². The number of aliphatic hydroxyl groups is 1. The maximum atomic E-state index is 12.9. The van der Waals surface area contributed by atoms with E-state index in [-0.39, 0.29) is 30.4 Å². The quantitative estimate of drug-likeness (QED) is 0.878. The second-order valence-electron chi connectivity index (χ2n) is 5.02. The molecule has 2 aliphatic heterocycles. The molecule has 1 saturated heterocycles. The Morgan fingerprint density at radius 3 is 2.77 bits per heavy atom. The number of carboxylic acid groups (broad SMARTS) is 1. The number of likely N-dealkylation sites (tertiary alicyclic amines) is 1. The van der Waals surface area contributed by atoms with Gasteiger partial charge >= 0.3 is 12.4 Å². The zero-order valence-electron chi connectivity index (χ0n) is 11.2. The van der Waals surface area contributed by atoms with Gasteiger partial charge < -0.3 is 24.4 Å². The van der Waals surface area contributed by atoms with Gasteiger partial charge in [-0.25, -0.2) is 4.79 Å². The second-order valence-corrected chi connectivity index (χ2v) is 5.02. The van der Waals surface area contributed by atoms with Gasteiger partial charge in [0.05, 0.1) is 19.2 Å². The maximum absolute atomic E-state index is 12.9. The molecule has 22 heavy (non-hydrogen) atoms. The minimum atomic E-state index is -3.70. The van der Waals surface area contributed by atoms with E-state index in [9.17, 15) is 18.7 Å². The van der Waals surface area contributed by atoms with Crippen LogP contribution in [-0.2, 0) is 0 Å². The molecule has 0 saturated carbocycles. The summed E-state index contributed by atoms with van der Waals surface area (Å²) >= 11 is 0. The molecule has 1 aromatic rings. The Morgan fingerprint density at radius 1 is 1.41 bits per heavy atom. The van der Waals surface area contributed by atoms with E-state index in [0.29, 0.717) is 6.42 Å². The van der Waals surface area contributed by atoms with Crippen molar-refractivity contribution in [3.63, 3.8) is 0 Å². The number of halogens is 2. The fraction of sp³-hybridized carbons (Fsp3) is 0.462. The van der Waals surface area contributed by atoms with Crippen molar-refractivity contribution in [3.05, 3.63) is 18.2 Å². The number of benzene rings is 1. The number of hydrogen-bond acceptors (Lipinski definition) is 5. The number of ether oxygens (including phenoxy) is 3. The molecule has 2 aliphatic rings. The van der Waals surface area contributed by atoms with Crippen LogP contribution in [-0.4, -0.2) is 52.8 Å². The molecule has 9 heteroatoms. The summed E-state index contributed by atoms with van der Waals surface area (Å²) in [7, 11) is 0. The molecule has 3 rings (SSSR count). The van der Waals surface area contributed by atoms with E-state index in [1.54, 1.807) is 0 Å². The van der Waals surface area contributed by atoms with Gasteiger partial charge in [-0.05, 0) is 12.1 Å². The molecule has 1 fully saturated rings. The Bertz CT molecular complexity index is 596. The zero-order valence-corrected chi connectivity index (χ0v) is 11.2. The number of nitrogens with zero attached hydrogens (tertiary/aromatic N) is 1. The highest BCUT2D eigenvalue weighted by atomic mass is 19.3. The molecule has 2 N–H and O–H groups in total. The summed E-state index contributed by atoms with van der Waals surface area (Å²) in [6.07, 6.45) is -5.01. The van der Waals surface area contributed by atoms with Crippen LogP contribution in [0.5, 0.6) is 17.2 Å². The van der Waals surface area contributed by atoms with Crippen molar-refractivity contribution in [1.29, 1.82) is 0 Å². The van der Waals surface area contributed by atoms with Crippen molar-refractivity contribution in [3.8, 4) is 17.2 Å². The minimum Gasteiger partial charge on any atom is -0.488 e. The molecule has 1 aromatic carbocycles. The van der Waals surface area contributed by atoms with E-state index in [1.807, 2.05) is 0 Å². The number of fused-ring (bicyclic) bond motifs is 1. The fourth-order valence-corrected chi connectivity index (χ4v) is 2.56. The smallest absolute Gasteiger partial charge is 0.488 e. The molecule has 7 nitrogen and oxygen atoms in total. The van der Waals surface area contributed by atoms with Gasteiger partial charge in [-0.1, -0.05) is 0 Å². The van der Waals surface area contributed by atoms with Crippen molar-refractivity contribution in [1.82, 2.24) is 4.90 Å². The summed E-state index contributed by atoms with van der Waals surface area (Å²) < 4.78 is 40.0. The fourth-order valence-electron chi connectivity index (χ4n) is 2.56. The number of rotatable bonds is 3. The van der Waals surface area contributed by atoms with Crippen molar-refractivity contribution in [2.45, 2.75) is 24.9 Å². The van der Waals surface area contributed by atoms with Crippen LogP contribution in [0.15, 0.2) is 18.2 Å². The summed E-state index contributed by atoms with van der Waals surface area (Å²) in [6, 6.07) is 3.44. The molecule has 2 heterocycles. The van der Waals surface area contributed by atoms with Crippen LogP contribution >= 0.6 is 0 Å². The first-order valence-corrected chi connectivity index (χ1v) is 6.55.